The molecule has 206 valence electrons. The SMILES string of the molecule is Cc1cc(OCCCc2c(C(=O)NC3CCNCC3)[nH]c3c(-c4c(C)nn(C)c4C)cccc23)cc(C)c1Cl. The Labute approximate surface area is 235 Å². The third-order valence-electron chi connectivity index (χ3n) is 7.87. The van der Waals surface area contributed by atoms with Crippen LogP contribution in [0.2, 0.25) is 5.02 Å². The molecule has 1 fully saturated rings. The number of rotatable bonds is 8. The van der Waals surface area contributed by atoms with Crippen molar-refractivity contribution in [3.8, 4) is 16.9 Å². The molecule has 1 saturated heterocycles. The van der Waals surface area contributed by atoms with E-state index < -0.39 is 0 Å². The highest BCUT2D eigenvalue weighted by Gasteiger charge is 2.24. The van der Waals surface area contributed by atoms with Gasteiger partial charge in [-0.3, -0.25) is 9.48 Å². The van der Waals surface area contributed by atoms with E-state index in [1.54, 1.807) is 0 Å². The topological polar surface area (TPSA) is 84.0 Å². The first-order valence-corrected chi connectivity index (χ1v) is 14.2. The average molecular weight is 548 g/mol. The fourth-order valence-electron chi connectivity index (χ4n) is 5.75. The molecule has 0 radical (unpaired) electrons. The van der Waals surface area contributed by atoms with Gasteiger partial charge in [0.05, 0.1) is 17.8 Å². The molecule has 8 heteroatoms. The van der Waals surface area contributed by atoms with Crippen LogP contribution in [0.25, 0.3) is 22.0 Å². The van der Waals surface area contributed by atoms with Crippen LogP contribution in [0.3, 0.4) is 0 Å². The van der Waals surface area contributed by atoms with E-state index in [2.05, 4.69) is 45.8 Å². The van der Waals surface area contributed by atoms with Gasteiger partial charge in [0.25, 0.3) is 5.91 Å². The summed E-state index contributed by atoms with van der Waals surface area (Å²) in [6, 6.07) is 10.4. The second kappa shape index (κ2) is 11.4. The molecule has 0 saturated carbocycles. The van der Waals surface area contributed by atoms with Crippen LogP contribution in [-0.4, -0.2) is 46.4 Å². The third kappa shape index (κ3) is 5.56. The summed E-state index contributed by atoms with van der Waals surface area (Å²) in [7, 11) is 1.97. The van der Waals surface area contributed by atoms with Gasteiger partial charge in [0.1, 0.15) is 11.4 Å². The van der Waals surface area contributed by atoms with Crippen LogP contribution in [0.1, 0.15) is 57.8 Å². The molecule has 2 aromatic heterocycles. The number of hydrogen-bond donors (Lipinski definition) is 3. The van der Waals surface area contributed by atoms with Crippen molar-refractivity contribution in [3.63, 3.8) is 0 Å². The molecule has 4 aromatic rings. The average Bonchev–Trinajstić information content (AvgIpc) is 3.41. The lowest BCUT2D eigenvalue weighted by molar-refractivity contribution is 0.0924. The number of para-hydroxylation sites is 1. The quantitative estimate of drug-likeness (QED) is 0.238. The van der Waals surface area contributed by atoms with Gasteiger partial charge < -0.3 is 20.4 Å². The minimum absolute atomic E-state index is 0.0384. The molecule has 0 aliphatic carbocycles. The second-order valence-corrected chi connectivity index (χ2v) is 11.1. The van der Waals surface area contributed by atoms with E-state index in [1.165, 1.54) is 0 Å². The Balaban J connectivity index is 1.45. The Morgan fingerprint density at radius 3 is 2.54 bits per heavy atom. The molecule has 0 bridgehead atoms. The monoisotopic (exact) mass is 547 g/mol. The molecule has 1 amide bonds. The molecule has 0 spiro atoms. The highest BCUT2D eigenvalue weighted by atomic mass is 35.5. The molecule has 0 atom stereocenters. The van der Waals surface area contributed by atoms with Crippen molar-refractivity contribution in [1.82, 2.24) is 25.4 Å². The second-order valence-electron chi connectivity index (χ2n) is 10.7. The maximum Gasteiger partial charge on any atom is 0.268 e. The Morgan fingerprint density at radius 1 is 1.15 bits per heavy atom. The first-order chi connectivity index (χ1) is 18.7. The zero-order valence-electron chi connectivity index (χ0n) is 23.5. The van der Waals surface area contributed by atoms with E-state index >= 15 is 0 Å². The minimum Gasteiger partial charge on any atom is -0.494 e. The van der Waals surface area contributed by atoms with Crippen molar-refractivity contribution < 1.29 is 9.53 Å². The number of nitrogens with one attached hydrogen (secondary N) is 3. The molecule has 2 aromatic carbocycles. The number of H-pyrrole nitrogens is 1. The van der Waals surface area contributed by atoms with Crippen LogP contribution in [0.5, 0.6) is 5.75 Å². The number of piperidine rings is 1. The molecule has 0 unspecified atom stereocenters. The third-order valence-corrected chi connectivity index (χ3v) is 8.47. The summed E-state index contributed by atoms with van der Waals surface area (Å²) in [6.07, 6.45) is 3.37. The van der Waals surface area contributed by atoms with Crippen LogP contribution in [-0.2, 0) is 13.5 Å². The van der Waals surface area contributed by atoms with Crippen LogP contribution in [0, 0.1) is 27.7 Å². The first kappa shape index (κ1) is 27.3. The van der Waals surface area contributed by atoms with Gasteiger partial charge in [0, 0.05) is 40.3 Å². The Hall–Kier alpha value is -3.29. The summed E-state index contributed by atoms with van der Waals surface area (Å²) in [6.45, 7) is 10.5. The molecule has 5 rings (SSSR count). The molecule has 3 N–H and O–H groups in total. The van der Waals surface area contributed by atoms with Gasteiger partial charge >= 0.3 is 0 Å². The van der Waals surface area contributed by atoms with Crippen molar-refractivity contribution >= 4 is 28.4 Å². The molecule has 1 aliphatic heterocycles. The predicted octanol–water partition coefficient (Wildman–Crippen LogP) is 5.95. The summed E-state index contributed by atoms with van der Waals surface area (Å²) >= 11 is 6.32. The smallest absolute Gasteiger partial charge is 0.268 e. The summed E-state index contributed by atoms with van der Waals surface area (Å²) in [5.74, 6) is 0.783. The normalized spacial score (nSPS) is 14.2. The number of fused-ring (bicyclic) bond motifs is 1. The number of aryl methyl sites for hydroxylation is 5. The minimum atomic E-state index is -0.0384. The maximum atomic E-state index is 13.6. The number of carbonyl (C=O) groups is 1. The number of aromatic amines is 1. The van der Waals surface area contributed by atoms with Gasteiger partial charge in [-0.25, -0.2) is 0 Å². The number of nitrogens with zero attached hydrogens (tertiary/aromatic N) is 2. The summed E-state index contributed by atoms with van der Waals surface area (Å²) in [5, 5.41) is 13.1. The van der Waals surface area contributed by atoms with E-state index in [0.29, 0.717) is 12.3 Å². The number of benzene rings is 2. The van der Waals surface area contributed by atoms with E-state index in [4.69, 9.17) is 16.3 Å². The highest BCUT2D eigenvalue weighted by molar-refractivity contribution is 6.32. The lowest BCUT2D eigenvalue weighted by atomic mass is 9.98. The van der Waals surface area contributed by atoms with Crippen molar-refractivity contribution in [2.75, 3.05) is 19.7 Å². The zero-order chi connectivity index (χ0) is 27.7. The molecular formula is C31H38ClN5O2. The van der Waals surface area contributed by atoms with Crippen molar-refractivity contribution in [1.29, 1.82) is 0 Å². The predicted molar refractivity (Wildman–Crippen MR) is 158 cm³/mol. The number of hydrogen-bond acceptors (Lipinski definition) is 4. The van der Waals surface area contributed by atoms with Crippen LogP contribution in [0.4, 0.5) is 0 Å². The van der Waals surface area contributed by atoms with Crippen molar-refractivity contribution in [2.45, 2.75) is 59.4 Å². The zero-order valence-corrected chi connectivity index (χ0v) is 24.3. The number of amides is 1. The summed E-state index contributed by atoms with van der Waals surface area (Å²) in [4.78, 5) is 17.2. The van der Waals surface area contributed by atoms with E-state index in [1.807, 2.05) is 44.6 Å². The van der Waals surface area contributed by atoms with Gasteiger partial charge in [0.15, 0.2) is 0 Å². The van der Waals surface area contributed by atoms with Crippen LogP contribution < -0.4 is 15.4 Å². The number of halogens is 1. The molecule has 3 heterocycles. The largest absolute Gasteiger partial charge is 0.494 e. The van der Waals surface area contributed by atoms with Gasteiger partial charge in [-0.2, -0.15) is 5.10 Å². The highest BCUT2D eigenvalue weighted by Crippen LogP contribution is 2.35. The van der Waals surface area contributed by atoms with Gasteiger partial charge in [-0.1, -0.05) is 29.8 Å². The molecular weight excluding hydrogens is 510 g/mol. The standard InChI is InChI=1S/C31H38ClN5O2/c1-18-16-23(17-19(2)28(18)32)39-15-7-10-25-24-8-6-9-26(27-20(3)36-37(5)21(27)4)29(24)35-30(25)31(38)34-22-11-13-33-14-12-22/h6,8-9,16-17,22,33,35H,7,10-15H2,1-5H3,(H,34,38). The van der Waals surface area contributed by atoms with Gasteiger partial charge in [-0.05, 0) is 95.3 Å². The Morgan fingerprint density at radius 2 is 1.87 bits per heavy atom. The maximum absolute atomic E-state index is 13.6. The molecule has 1 aliphatic rings. The summed E-state index contributed by atoms with van der Waals surface area (Å²) in [5.41, 5.74) is 8.92. The Bertz CT molecular complexity index is 1490. The fraction of sp³-hybridized carbons (Fsp3) is 0.419. The Kier molecular flexibility index (Phi) is 8.01. The first-order valence-electron chi connectivity index (χ1n) is 13.8. The van der Waals surface area contributed by atoms with Crippen LogP contribution >= 0.6 is 11.6 Å². The van der Waals surface area contributed by atoms with Crippen molar-refractivity contribution in [2.24, 2.45) is 7.05 Å². The van der Waals surface area contributed by atoms with Gasteiger partial charge in [-0.15, -0.1) is 0 Å². The van der Waals surface area contributed by atoms with Crippen molar-refractivity contribution in [3.05, 3.63) is 69.1 Å². The number of ether oxygens (including phenoxy) is 1. The molecule has 39 heavy (non-hydrogen) atoms. The molecule has 7 nitrogen and oxygen atoms in total. The lowest BCUT2D eigenvalue weighted by Crippen LogP contribution is -2.43. The fourth-order valence-corrected chi connectivity index (χ4v) is 5.86. The van der Waals surface area contributed by atoms with Gasteiger partial charge in [0.2, 0.25) is 0 Å². The number of carbonyl (C=O) groups excluding carboxylic acids is 1. The number of aromatic nitrogens is 3. The lowest BCUT2D eigenvalue weighted by Gasteiger charge is -2.23. The summed E-state index contributed by atoms with van der Waals surface area (Å²) < 4.78 is 8.01. The van der Waals surface area contributed by atoms with Crippen LogP contribution in [0.15, 0.2) is 30.3 Å². The van der Waals surface area contributed by atoms with E-state index in [9.17, 15) is 4.79 Å². The van der Waals surface area contributed by atoms with E-state index in [-0.39, 0.29) is 11.9 Å². The van der Waals surface area contributed by atoms with E-state index in [0.717, 1.165) is 99.7 Å².